The van der Waals surface area contributed by atoms with Crippen LogP contribution in [-0.2, 0) is 11.2 Å². The quantitative estimate of drug-likeness (QED) is 0.0781. The van der Waals surface area contributed by atoms with Crippen LogP contribution in [0.5, 0.6) is 17.2 Å². The van der Waals surface area contributed by atoms with E-state index in [4.69, 9.17) is 4.74 Å². The van der Waals surface area contributed by atoms with Gasteiger partial charge in [-0.1, -0.05) is 129 Å². The number of ether oxygens (including phenoxy) is 1. The van der Waals surface area contributed by atoms with Gasteiger partial charge in [-0.3, -0.25) is 0 Å². The molecule has 1 rings (SSSR count). The standard InChI is InChI=1S/C31H54O5/c1-3-5-7-9-11-13-15-17-19-21-23-26-27(25-28(32)30(34)29(26)33)31(35)36-24-22-20-18-16-14-12-10-8-6-4-2/h25,32-34H,3-24H2,1-2H3. The molecule has 0 aromatic heterocycles. The van der Waals surface area contributed by atoms with Crippen LogP contribution in [-0.4, -0.2) is 27.9 Å². The van der Waals surface area contributed by atoms with Crippen molar-refractivity contribution in [3.63, 3.8) is 0 Å². The SMILES string of the molecule is CCCCCCCCCCCCOC(=O)c1cc(O)c(O)c(O)c1CCCCCCCCCCCC. The molecule has 1 aromatic rings. The zero-order valence-electron chi connectivity index (χ0n) is 23.3. The molecule has 208 valence electrons. The minimum atomic E-state index is -0.566. The lowest BCUT2D eigenvalue weighted by Gasteiger charge is -2.14. The Labute approximate surface area is 220 Å². The van der Waals surface area contributed by atoms with E-state index in [1.807, 2.05) is 0 Å². The van der Waals surface area contributed by atoms with Crippen molar-refractivity contribution in [2.75, 3.05) is 6.61 Å². The molecule has 0 fully saturated rings. The van der Waals surface area contributed by atoms with Crippen molar-refractivity contribution < 1.29 is 24.9 Å². The topological polar surface area (TPSA) is 87.0 Å². The highest BCUT2D eigenvalue weighted by Crippen LogP contribution is 2.40. The van der Waals surface area contributed by atoms with E-state index in [0.29, 0.717) is 18.6 Å². The highest BCUT2D eigenvalue weighted by atomic mass is 16.5. The molecule has 0 saturated carbocycles. The van der Waals surface area contributed by atoms with Crippen LogP contribution >= 0.6 is 0 Å². The summed E-state index contributed by atoms with van der Waals surface area (Å²) in [4.78, 5) is 12.7. The molecule has 0 amide bonds. The number of rotatable bonds is 23. The van der Waals surface area contributed by atoms with Gasteiger partial charge in [0.25, 0.3) is 0 Å². The first-order valence-corrected chi connectivity index (χ1v) is 15.0. The highest BCUT2D eigenvalue weighted by molar-refractivity contribution is 5.93. The number of phenols is 3. The van der Waals surface area contributed by atoms with E-state index in [-0.39, 0.29) is 5.56 Å². The summed E-state index contributed by atoms with van der Waals surface area (Å²) in [6.07, 6.45) is 24.5. The third-order valence-corrected chi connectivity index (χ3v) is 7.09. The van der Waals surface area contributed by atoms with Crippen LogP contribution in [0.3, 0.4) is 0 Å². The summed E-state index contributed by atoms with van der Waals surface area (Å²) >= 11 is 0. The number of phenolic OH excluding ortho intramolecular Hbond substituents is 3. The normalized spacial score (nSPS) is 11.2. The summed E-state index contributed by atoms with van der Waals surface area (Å²) < 4.78 is 5.45. The predicted octanol–water partition coefficient (Wildman–Crippen LogP) is 9.34. The highest BCUT2D eigenvalue weighted by Gasteiger charge is 2.22. The fourth-order valence-corrected chi connectivity index (χ4v) is 4.74. The molecule has 5 heteroatoms. The van der Waals surface area contributed by atoms with Crippen molar-refractivity contribution in [2.45, 2.75) is 149 Å². The number of unbranched alkanes of at least 4 members (excludes halogenated alkanes) is 18. The van der Waals surface area contributed by atoms with E-state index in [2.05, 4.69) is 13.8 Å². The number of hydrogen-bond donors (Lipinski definition) is 3. The molecule has 0 saturated heterocycles. The van der Waals surface area contributed by atoms with Gasteiger partial charge in [-0.2, -0.15) is 0 Å². The minimum absolute atomic E-state index is 0.158. The first-order valence-electron chi connectivity index (χ1n) is 15.0. The Morgan fingerprint density at radius 2 is 1.03 bits per heavy atom. The Kier molecular flexibility index (Phi) is 18.9. The molecular weight excluding hydrogens is 452 g/mol. The largest absolute Gasteiger partial charge is 0.504 e. The number of carbonyl (C=O) groups is 1. The van der Waals surface area contributed by atoms with Crippen molar-refractivity contribution in [3.8, 4) is 17.2 Å². The maximum absolute atomic E-state index is 12.7. The summed E-state index contributed by atoms with van der Waals surface area (Å²) in [5, 5.41) is 30.3. The van der Waals surface area contributed by atoms with Gasteiger partial charge < -0.3 is 20.1 Å². The Balaban J connectivity index is 2.34. The summed E-state index contributed by atoms with van der Waals surface area (Å²) in [6, 6.07) is 1.22. The smallest absolute Gasteiger partial charge is 0.338 e. The van der Waals surface area contributed by atoms with Crippen LogP contribution in [0.1, 0.15) is 158 Å². The lowest BCUT2D eigenvalue weighted by molar-refractivity contribution is 0.0495. The molecule has 0 atom stereocenters. The van der Waals surface area contributed by atoms with Crippen molar-refractivity contribution >= 4 is 5.97 Å². The number of esters is 1. The Hall–Kier alpha value is -1.91. The average molecular weight is 507 g/mol. The number of benzene rings is 1. The van der Waals surface area contributed by atoms with Gasteiger partial charge in [-0.05, 0) is 25.3 Å². The number of carbonyl (C=O) groups excluding carboxylic acids is 1. The van der Waals surface area contributed by atoms with Crippen LogP contribution in [0.15, 0.2) is 6.07 Å². The second-order valence-electron chi connectivity index (χ2n) is 10.4. The van der Waals surface area contributed by atoms with E-state index in [1.54, 1.807) is 0 Å². The molecule has 0 bridgehead atoms. The second kappa shape index (κ2) is 21.2. The van der Waals surface area contributed by atoms with Gasteiger partial charge in [-0.15, -0.1) is 0 Å². The monoisotopic (exact) mass is 506 g/mol. The predicted molar refractivity (Wildman–Crippen MR) is 149 cm³/mol. The molecule has 36 heavy (non-hydrogen) atoms. The molecule has 1 aromatic carbocycles. The third-order valence-electron chi connectivity index (χ3n) is 7.09. The fourth-order valence-electron chi connectivity index (χ4n) is 4.74. The zero-order chi connectivity index (χ0) is 26.4. The van der Waals surface area contributed by atoms with E-state index >= 15 is 0 Å². The van der Waals surface area contributed by atoms with Crippen LogP contribution in [0.25, 0.3) is 0 Å². The summed E-state index contributed by atoms with van der Waals surface area (Å²) in [5.41, 5.74) is 0.531. The van der Waals surface area contributed by atoms with Crippen LogP contribution < -0.4 is 0 Å². The second-order valence-corrected chi connectivity index (χ2v) is 10.4. The molecular formula is C31H54O5. The van der Waals surface area contributed by atoms with Crippen molar-refractivity contribution in [2.24, 2.45) is 0 Å². The first-order chi connectivity index (χ1) is 17.5. The molecule has 0 unspecified atom stereocenters. The maximum atomic E-state index is 12.7. The van der Waals surface area contributed by atoms with E-state index in [9.17, 15) is 20.1 Å². The van der Waals surface area contributed by atoms with Crippen LogP contribution in [0, 0.1) is 0 Å². The fraction of sp³-hybridized carbons (Fsp3) is 0.774. The van der Waals surface area contributed by atoms with Crippen molar-refractivity contribution in [1.82, 2.24) is 0 Å². The zero-order valence-corrected chi connectivity index (χ0v) is 23.3. The lowest BCUT2D eigenvalue weighted by Crippen LogP contribution is -2.10. The van der Waals surface area contributed by atoms with Crippen LogP contribution in [0.2, 0.25) is 0 Å². The summed E-state index contributed by atoms with van der Waals surface area (Å²) in [5.74, 6) is -2.01. The van der Waals surface area contributed by atoms with Gasteiger partial charge >= 0.3 is 5.97 Å². The molecule has 0 heterocycles. The first kappa shape index (κ1) is 32.1. The van der Waals surface area contributed by atoms with Gasteiger partial charge in [0.1, 0.15) is 0 Å². The van der Waals surface area contributed by atoms with E-state index in [0.717, 1.165) is 38.5 Å². The van der Waals surface area contributed by atoms with E-state index in [1.165, 1.54) is 96.0 Å². The Morgan fingerprint density at radius 3 is 1.50 bits per heavy atom. The Bertz CT molecular complexity index is 701. The molecule has 0 radical (unpaired) electrons. The number of hydrogen-bond acceptors (Lipinski definition) is 5. The summed E-state index contributed by atoms with van der Waals surface area (Å²) in [7, 11) is 0. The minimum Gasteiger partial charge on any atom is -0.504 e. The molecule has 0 aliphatic heterocycles. The molecule has 5 nitrogen and oxygen atoms in total. The molecule has 0 aliphatic rings. The third kappa shape index (κ3) is 14.0. The molecule has 3 N–H and O–H groups in total. The van der Waals surface area contributed by atoms with Crippen molar-refractivity contribution in [3.05, 3.63) is 17.2 Å². The van der Waals surface area contributed by atoms with Gasteiger partial charge in [0, 0.05) is 5.56 Å². The van der Waals surface area contributed by atoms with E-state index < -0.39 is 23.2 Å². The van der Waals surface area contributed by atoms with Gasteiger partial charge in [0.2, 0.25) is 5.75 Å². The van der Waals surface area contributed by atoms with Gasteiger partial charge in [0.05, 0.1) is 12.2 Å². The van der Waals surface area contributed by atoms with Gasteiger partial charge in [0.15, 0.2) is 11.5 Å². The molecule has 0 aliphatic carbocycles. The lowest BCUT2D eigenvalue weighted by atomic mass is 9.98. The number of aromatic hydroxyl groups is 3. The summed E-state index contributed by atoms with van der Waals surface area (Å²) in [6.45, 7) is 4.80. The van der Waals surface area contributed by atoms with Gasteiger partial charge in [-0.25, -0.2) is 4.79 Å². The van der Waals surface area contributed by atoms with Crippen molar-refractivity contribution in [1.29, 1.82) is 0 Å². The van der Waals surface area contributed by atoms with Crippen LogP contribution in [0.4, 0.5) is 0 Å². The molecule has 0 spiro atoms. The maximum Gasteiger partial charge on any atom is 0.338 e. The average Bonchev–Trinajstić information content (AvgIpc) is 2.87. The Morgan fingerprint density at radius 1 is 0.611 bits per heavy atom.